The summed E-state index contributed by atoms with van der Waals surface area (Å²) in [5, 5.41) is 0. The SMILES string of the molecule is Cc1c(-c2ncc(C)n2C)cccc1-c1cccc[n+]1C. The van der Waals surface area contributed by atoms with Gasteiger partial charge in [0.15, 0.2) is 6.20 Å². The molecule has 106 valence electrons. The Morgan fingerprint density at radius 2 is 1.76 bits per heavy atom. The molecule has 1 aromatic carbocycles. The van der Waals surface area contributed by atoms with E-state index in [4.69, 9.17) is 0 Å². The molecule has 0 bridgehead atoms. The highest BCUT2D eigenvalue weighted by atomic mass is 15.1. The van der Waals surface area contributed by atoms with Crippen LogP contribution < -0.4 is 4.57 Å². The highest BCUT2D eigenvalue weighted by molar-refractivity contribution is 5.73. The van der Waals surface area contributed by atoms with E-state index in [0.29, 0.717) is 0 Å². The zero-order chi connectivity index (χ0) is 15.0. The van der Waals surface area contributed by atoms with Crippen LogP contribution in [0.4, 0.5) is 0 Å². The molecule has 3 rings (SSSR count). The molecular weight excluding hydrogens is 258 g/mol. The van der Waals surface area contributed by atoms with E-state index in [-0.39, 0.29) is 0 Å². The highest BCUT2D eigenvalue weighted by Crippen LogP contribution is 2.29. The number of benzene rings is 1. The van der Waals surface area contributed by atoms with Gasteiger partial charge in [0.2, 0.25) is 5.69 Å². The van der Waals surface area contributed by atoms with Crippen LogP contribution in [-0.4, -0.2) is 9.55 Å². The van der Waals surface area contributed by atoms with E-state index < -0.39 is 0 Å². The first-order chi connectivity index (χ1) is 10.1. The third kappa shape index (κ3) is 2.25. The number of imidazole rings is 1. The van der Waals surface area contributed by atoms with Crippen molar-refractivity contribution in [3.63, 3.8) is 0 Å². The second kappa shape index (κ2) is 5.17. The van der Waals surface area contributed by atoms with Gasteiger partial charge in [0.25, 0.3) is 0 Å². The lowest BCUT2D eigenvalue weighted by atomic mass is 9.99. The first-order valence-electron chi connectivity index (χ1n) is 7.13. The fourth-order valence-corrected chi connectivity index (χ4v) is 2.70. The highest BCUT2D eigenvalue weighted by Gasteiger charge is 2.16. The Morgan fingerprint density at radius 1 is 1.00 bits per heavy atom. The molecule has 0 aliphatic rings. The van der Waals surface area contributed by atoms with E-state index in [9.17, 15) is 0 Å². The van der Waals surface area contributed by atoms with Crippen molar-refractivity contribution >= 4 is 0 Å². The molecule has 0 N–H and O–H groups in total. The van der Waals surface area contributed by atoms with Crippen LogP contribution in [0.1, 0.15) is 11.3 Å². The summed E-state index contributed by atoms with van der Waals surface area (Å²) in [7, 11) is 4.14. The van der Waals surface area contributed by atoms with Crippen molar-refractivity contribution < 1.29 is 4.57 Å². The van der Waals surface area contributed by atoms with Gasteiger partial charge in [-0.2, -0.15) is 0 Å². The Labute approximate surface area is 125 Å². The largest absolute Gasteiger partial charge is 0.331 e. The van der Waals surface area contributed by atoms with E-state index >= 15 is 0 Å². The molecule has 0 fully saturated rings. The molecule has 2 heterocycles. The third-order valence-electron chi connectivity index (χ3n) is 4.13. The molecule has 0 unspecified atom stereocenters. The molecule has 21 heavy (non-hydrogen) atoms. The van der Waals surface area contributed by atoms with Crippen LogP contribution in [0.5, 0.6) is 0 Å². The van der Waals surface area contributed by atoms with Gasteiger partial charge in [-0.15, -0.1) is 0 Å². The monoisotopic (exact) mass is 278 g/mol. The summed E-state index contributed by atoms with van der Waals surface area (Å²) < 4.78 is 4.28. The van der Waals surface area contributed by atoms with Crippen molar-refractivity contribution in [2.24, 2.45) is 14.1 Å². The number of pyridine rings is 1. The van der Waals surface area contributed by atoms with Gasteiger partial charge in [0, 0.05) is 42.2 Å². The van der Waals surface area contributed by atoms with Crippen molar-refractivity contribution in [1.29, 1.82) is 0 Å². The third-order valence-corrected chi connectivity index (χ3v) is 4.13. The van der Waals surface area contributed by atoms with Crippen molar-refractivity contribution in [2.45, 2.75) is 13.8 Å². The van der Waals surface area contributed by atoms with Gasteiger partial charge >= 0.3 is 0 Å². The standard InChI is InChI=1S/C18H20N3/c1-13-12-19-18(21(13)4)16-9-7-8-15(14(16)2)17-10-5-6-11-20(17)3/h5-12H,1-4H3/q+1. The van der Waals surface area contributed by atoms with Gasteiger partial charge in [0.05, 0.1) is 0 Å². The molecule has 3 heteroatoms. The molecule has 0 spiro atoms. The van der Waals surface area contributed by atoms with Gasteiger partial charge in [-0.1, -0.05) is 12.1 Å². The number of rotatable bonds is 2. The lowest BCUT2D eigenvalue weighted by molar-refractivity contribution is -0.660. The summed E-state index contributed by atoms with van der Waals surface area (Å²) in [4.78, 5) is 4.56. The molecule has 0 saturated carbocycles. The smallest absolute Gasteiger partial charge is 0.212 e. The van der Waals surface area contributed by atoms with Gasteiger partial charge < -0.3 is 4.57 Å². The number of hydrogen-bond donors (Lipinski definition) is 0. The van der Waals surface area contributed by atoms with Gasteiger partial charge in [-0.3, -0.25) is 0 Å². The number of nitrogens with zero attached hydrogens (tertiary/aromatic N) is 3. The van der Waals surface area contributed by atoms with Crippen LogP contribution in [0.3, 0.4) is 0 Å². The maximum absolute atomic E-state index is 4.56. The van der Waals surface area contributed by atoms with E-state index in [1.807, 2.05) is 12.3 Å². The first kappa shape index (κ1) is 13.6. The van der Waals surface area contributed by atoms with E-state index in [2.05, 4.69) is 78.6 Å². The molecule has 2 aromatic heterocycles. The normalized spacial score (nSPS) is 10.9. The minimum absolute atomic E-state index is 1.02. The molecule has 0 atom stereocenters. The Balaban J connectivity index is 2.21. The van der Waals surface area contributed by atoms with E-state index in [1.165, 1.54) is 28.1 Å². The van der Waals surface area contributed by atoms with E-state index in [0.717, 1.165) is 5.82 Å². The van der Waals surface area contributed by atoms with Gasteiger partial charge in [-0.25, -0.2) is 9.55 Å². The maximum atomic E-state index is 4.56. The fraction of sp³-hybridized carbons (Fsp3) is 0.222. The van der Waals surface area contributed by atoms with E-state index in [1.54, 1.807) is 0 Å². The number of aromatic nitrogens is 3. The molecule has 3 nitrogen and oxygen atoms in total. The van der Waals surface area contributed by atoms with Crippen LogP contribution in [0, 0.1) is 13.8 Å². The number of aryl methyl sites for hydroxylation is 2. The summed E-state index contributed by atoms with van der Waals surface area (Å²) in [5.41, 5.74) is 6.07. The predicted octanol–water partition coefficient (Wildman–Crippen LogP) is 3.20. The van der Waals surface area contributed by atoms with Crippen molar-refractivity contribution in [1.82, 2.24) is 9.55 Å². The summed E-state index contributed by atoms with van der Waals surface area (Å²) >= 11 is 0. The quantitative estimate of drug-likeness (QED) is 0.660. The van der Waals surface area contributed by atoms with Gasteiger partial charge in [0.1, 0.15) is 12.9 Å². The molecule has 0 aliphatic carbocycles. The summed E-state index contributed by atoms with van der Waals surface area (Å²) in [6.45, 7) is 4.24. The molecular formula is C18H20N3+. The van der Waals surface area contributed by atoms with Crippen LogP contribution in [0.25, 0.3) is 22.6 Å². The molecule has 0 radical (unpaired) electrons. The zero-order valence-electron chi connectivity index (χ0n) is 13.0. The average molecular weight is 278 g/mol. The van der Waals surface area contributed by atoms with Crippen LogP contribution in [0.15, 0.2) is 48.8 Å². The fourth-order valence-electron chi connectivity index (χ4n) is 2.70. The second-order valence-electron chi connectivity index (χ2n) is 5.46. The van der Waals surface area contributed by atoms with Crippen molar-refractivity contribution in [2.75, 3.05) is 0 Å². The Morgan fingerprint density at radius 3 is 2.43 bits per heavy atom. The molecule has 0 amide bonds. The topological polar surface area (TPSA) is 21.7 Å². The average Bonchev–Trinajstić information content (AvgIpc) is 2.80. The Hall–Kier alpha value is -2.42. The zero-order valence-corrected chi connectivity index (χ0v) is 13.0. The molecule has 3 aromatic rings. The molecule has 0 saturated heterocycles. The summed E-state index contributed by atoms with van der Waals surface area (Å²) in [6.07, 6.45) is 4.00. The predicted molar refractivity (Wildman–Crippen MR) is 84.7 cm³/mol. The summed E-state index contributed by atoms with van der Waals surface area (Å²) in [5.74, 6) is 1.02. The Bertz CT molecular complexity index is 800. The van der Waals surface area contributed by atoms with Crippen LogP contribution in [-0.2, 0) is 14.1 Å². The minimum atomic E-state index is 1.02. The summed E-state index contributed by atoms with van der Waals surface area (Å²) in [6, 6.07) is 12.7. The Kier molecular flexibility index (Phi) is 3.34. The van der Waals surface area contributed by atoms with Crippen molar-refractivity contribution in [3.8, 4) is 22.6 Å². The minimum Gasteiger partial charge on any atom is -0.331 e. The van der Waals surface area contributed by atoms with Crippen LogP contribution >= 0.6 is 0 Å². The lowest BCUT2D eigenvalue weighted by Gasteiger charge is -2.10. The molecule has 0 aliphatic heterocycles. The van der Waals surface area contributed by atoms with Gasteiger partial charge in [-0.05, 0) is 31.5 Å². The first-order valence-corrected chi connectivity index (χ1v) is 7.13. The van der Waals surface area contributed by atoms with Crippen LogP contribution in [0.2, 0.25) is 0 Å². The second-order valence-corrected chi connectivity index (χ2v) is 5.46. The van der Waals surface area contributed by atoms with Crippen molar-refractivity contribution in [3.05, 3.63) is 60.0 Å². The number of hydrogen-bond acceptors (Lipinski definition) is 1. The lowest BCUT2D eigenvalue weighted by Crippen LogP contribution is -2.30. The maximum Gasteiger partial charge on any atom is 0.212 e.